The fourth-order valence-electron chi connectivity index (χ4n) is 4.42. The standard InChI is InChI=1S/C25H27F3N6O2/c1-32(2)24(35)34-9-6-16(7-10-34)8-11-36-22-5-4-17(12-18(22)25(26,27)28)19-13-21-23(20(14-29)31-19)30-15-33(21)3/h4-5,12-13,15-16H,6-11H2,1-3H3. The van der Waals surface area contributed by atoms with Crippen LogP contribution in [0.4, 0.5) is 18.0 Å². The monoisotopic (exact) mass is 500 g/mol. The Balaban J connectivity index is 1.48. The number of ether oxygens (including phenoxy) is 1. The topological polar surface area (TPSA) is 87.3 Å². The maximum atomic E-state index is 13.9. The fourth-order valence-corrected chi connectivity index (χ4v) is 4.42. The summed E-state index contributed by atoms with van der Waals surface area (Å²) in [5, 5.41) is 9.43. The minimum atomic E-state index is -4.63. The maximum absolute atomic E-state index is 13.9. The molecule has 2 aromatic heterocycles. The number of alkyl halides is 3. The number of benzene rings is 1. The van der Waals surface area contributed by atoms with Crippen molar-refractivity contribution in [3.63, 3.8) is 0 Å². The van der Waals surface area contributed by atoms with E-state index in [0.29, 0.717) is 30.5 Å². The van der Waals surface area contributed by atoms with Gasteiger partial charge in [-0.05, 0) is 49.4 Å². The second-order valence-corrected chi connectivity index (χ2v) is 9.14. The van der Waals surface area contributed by atoms with Crippen LogP contribution in [0.2, 0.25) is 0 Å². The number of aromatic nitrogens is 3. The molecule has 190 valence electrons. The third-order valence-electron chi connectivity index (χ3n) is 6.45. The Hall–Kier alpha value is -3.81. The van der Waals surface area contributed by atoms with E-state index < -0.39 is 11.7 Å². The van der Waals surface area contributed by atoms with Crippen molar-refractivity contribution >= 4 is 17.1 Å². The van der Waals surface area contributed by atoms with Crippen LogP contribution >= 0.6 is 0 Å². The van der Waals surface area contributed by atoms with Crippen molar-refractivity contribution in [1.82, 2.24) is 24.3 Å². The highest BCUT2D eigenvalue weighted by molar-refractivity contribution is 5.84. The lowest BCUT2D eigenvalue weighted by Crippen LogP contribution is -2.44. The molecule has 0 spiro atoms. The van der Waals surface area contributed by atoms with Crippen molar-refractivity contribution in [2.75, 3.05) is 33.8 Å². The molecule has 3 aromatic rings. The molecule has 1 aliphatic heterocycles. The number of aryl methyl sites for hydroxylation is 1. The number of nitrogens with zero attached hydrogens (tertiary/aromatic N) is 6. The third kappa shape index (κ3) is 5.22. The number of pyridine rings is 1. The van der Waals surface area contributed by atoms with Crippen molar-refractivity contribution in [2.45, 2.75) is 25.4 Å². The minimum Gasteiger partial charge on any atom is -0.493 e. The Labute approximate surface area is 206 Å². The predicted octanol–water partition coefficient (Wildman–Crippen LogP) is 4.69. The van der Waals surface area contributed by atoms with E-state index in [1.807, 2.05) is 6.07 Å². The van der Waals surface area contributed by atoms with Crippen molar-refractivity contribution < 1.29 is 22.7 Å². The predicted molar refractivity (Wildman–Crippen MR) is 127 cm³/mol. The molecule has 0 atom stereocenters. The molecule has 4 rings (SSSR count). The van der Waals surface area contributed by atoms with Gasteiger partial charge in [0, 0.05) is 39.8 Å². The van der Waals surface area contributed by atoms with Gasteiger partial charge in [0.05, 0.1) is 29.7 Å². The summed E-state index contributed by atoms with van der Waals surface area (Å²) >= 11 is 0. The molecule has 36 heavy (non-hydrogen) atoms. The average molecular weight is 501 g/mol. The normalized spacial score (nSPS) is 14.6. The van der Waals surface area contributed by atoms with Crippen molar-refractivity contribution in [3.8, 4) is 23.1 Å². The number of fused-ring (bicyclic) bond motifs is 1. The molecule has 0 bridgehead atoms. The van der Waals surface area contributed by atoms with E-state index in [-0.39, 0.29) is 41.3 Å². The average Bonchev–Trinajstić information content (AvgIpc) is 3.23. The number of carbonyl (C=O) groups excluding carboxylic acids is 1. The third-order valence-corrected chi connectivity index (χ3v) is 6.45. The van der Waals surface area contributed by atoms with Crippen LogP contribution in [0.25, 0.3) is 22.3 Å². The number of likely N-dealkylation sites (tertiary alicyclic amines) is 1. The van der Waals surface area contributed by atoms with Crippen LogP contribution in [-0.2, 0) is 13.2 Å². The van der Waals surface area contributed by atoms with Gasteiger partial charge in [-0.15, -0.1) is 0 Å². The molecule has 0 N–H and O–H groups in total. The summed E-state index contributed by atoms with van der Waals surface area (Å²) in [5.41, 5.74) is 0.637. The lowest BCUT2D eigenvalue weighted by molar-refractivity contribution is -0.138. The van der Waals surface area contributed by atoms with Crippen LogP contribution in [0, 0.1) is 17.2 Å². The molecule has 2 amide bonds. The number of nitriles is 1. The zero-order valence-corrected chi connectivity index (χ0v) is 20.3. The first-order valence-corrected chi connectivity index (χ1v) is 11.6. The number of hydrogen-bond donors (Lipinski definition) is 0. The molecule has 0 aliphatic carbocycles. The van der Waals surface area contributed by atoms with Crippen LogP contribution in [0.3, 0.4) is 0 Å². The van der Waals surface area contributed by atoms with Gasteiger partial charge in [-0.3, -0.25) is 0 Å². The zero-order chi connectivity index (χ0) is 26.0. The molecule has 0 saturated carbocycles. The van der Waals surface area contributed by atoms with E-state index in [1.54, 1.807) is 36.7 Å². The summed E-state index contributed by atoms with van der Waals surface area (Å²) < 4.78 is 49.0. The SMILES string of the molecule is CN(C)C(=O)N1CCC(CCOc2ccc(-c3cc4c(ncn4C)c(C#N)n3)cc2C(F)(F)F)CC1. The number of halogens is 3. The summed E-state index contributed by atoms with van der Waals surface area (Å²) in [4.78, 5) is 23.8. The molecule has 1 aromatic carbocycles. The van der Waals surface area contributed by atoms with Gasteiger partial charge in [0.25, 0.3) is 0 Å². The fraction of sp³-hybridized carbons (Fsp3) is 0.440. The van der Waals surface area contributed by atoms with Gasteiger partial charge in [-0.25, -0.2) is 14.8 Å². The summed E-state index contributed by atoms with van der Waals surface area (Å²) in [7, 11) is 5.16. The summed E-state index contributed by atoms with van der Waals surface area (Å²) in [6, 6.07) is 7.38. The van der Waals surface area contributed by atoms with Crippen LogP contribution in [0.1, 0.15) is 30.5 Å². The lowest BCUT2D eigenvalue weighted by atomic mass is 9.94. The highest BCUT2D eigenvalue weighted by Gasteiger charge is 2.35. The van der Waals surface area contributed by atoms with Crippen LogP contribution in [0.5, 0.6) is 5.75 Å². The van der Waals surface area contributed by atoms with Gasteiger partial charge in [-0.1, -0.05) is 0 Å². The molecular weight excluding hydrogens is 473 g/mol. The molecule has 8 nitrogen and oxygen atoms in total. The van der Waals surface area contributed by atoms with Gasteiger partial charge in [0.1, 0.15) is 17.3 Å². The molecular formula is C25H27F3N6O2. The van der Waals surface area contributed by atoms with Gasteiger partial charge >= 0.3 is 12.2 Å². The van der Waals surface area contributed by atoms with Gasteiger partial charge < -0.3 is 19.1 Å². The Kier molecular flexibility index (Phi) is 7.06. The Morgan fingerprint density at radius 3 is 2.61 bits per heavy atom. The van der Waals surface area contributed by atoms with E-state index >= 15 is 0 Å². The first-order valence-electron chi connectivity index (χ1n) is 11.6. The second kappa shape index (κ2) is 10.0. The Morgan fingerprint density at radius 1 is 1.25 bits per heavy atom. The lowest BCUT2D eigenvalue weighted by Gasteiger charge is -2.33. The largest absolute Gasteiger partial charge is 0.493 e. The molecule has 1 saturated heterocycles. The van der Waals surface area contributed by atoms with Gasteiger partial charge in [0.15, 0.2) is 5.69 Å². The molecule has 11 heteroatoms. The number of hydrogen-bond acceptors (Lipinski definition) is 5. The summed E-state index contributed by atoms with van der Waals surface area (Å²) in [5.74, 6) is 0.0395. The number of imidazole rings is 1. The van der Waals surface area contributed by atoms with E-state index in [1.165, 1.54) is 23.4 Å². The van der Waals surface area contributed by atoms with E-state index in [9.17, 15) is 23.2 Å². The van der Waals surface area contributed by atoms with E-state index in [0.717, 1.165) is 18.9 Å². The zero-order valence-electron chi connectivity index (χ0n) is 20.3. The molecule has 0 radical (unpaired) electrons. The van der Waals surface area contributed by atoms with Crippen molar-refractivity contribution in [2.24, 2.45) is 13.0 Å². The van der Waals surface area contributed by atoms with Gasteiger partial charge in [0.2, 0.25) is 0 Å². The number of urea groups is 1. The van der Waals surface area contributed by atoms with Gasteiger partial charge in [-0.2, -0.15) is 18.4 Å². The highest BCUT2D eigenvalue weighted by atomic mass is 19.4. The molecule has 1 fully saturated rings. The maximum Gasteiger partial charge on any atom is 0.419 e. The number of rotatable bonds is 5. The van der Waals surface area contributed by atoms with Crippen LogP contribution in [0.15, 0.2) is 30.6 Å². The molecule has 3 heterocycles. The highest BCUT2D eigenvalue weighted by Crippen LogP contribution is 2.39. The van der Waals surface area contributed by atoms with E-state index in [2.05, 4.69) is 9.97 Å². The Bertz CT molecular complexity index is 1300. The van der Waals surface area contributed by atoms with Crippen molar-refractivity contribution in [1.29, 1.82) is 5.26 Å². The van der Waals surface area contributed by atoms with Crippen LogP contribution < -0.4 is 4.74 Å². The number of piperidine rings is 1. The van der Waals surface area contributed by atoms with E-state index in [4.69, 9.17) is 4.74 Å². The Morgan fingerprint density at radius 2 is 1.97 bits per heavy atom. The molecule has 0 unspecified atom stereocenters. The number of amides is 2. The quantitative estimate of drug-likeness (QED) is 0.507. The summed E-state index contributed by atoms with van der Waals surface area (Å²) in [6.07, 6.45) is -0.918. The first-order chi connectivity index (χ1) is 17.1. The first kappa shape index (κ1) is 25.3. The summed E-state index contributed by atoms with van der Waals surface area (Å²) in [6.45, 7) is 1.40. The second-order valence-electron chi connectivity index (χ2n) is 9.14. The number of carbonyl (C=O) groups is 1. The smallest absolute Gasteiger partial charge is 0.419 e. The van der Waals surface area contributed by atoms with Crippen molar-refractivity contribution in [3.05, 3.63) is 41.9 Å². The molecule has 1 aliphatic rings. The van der Waals surface area contributed by atoms with Crippen LogP contribution in [-0.4, -0.2) is 64.2 Å². The minimum absolute atomic E-state index is 0.0291.